The van der Waals surface area contributed by atoms with Crippen molar-refractivity contribution in [1.29, 1.82) is 0 Å². The normalized spacial score (nSPS) is 19.1. The van der Waals surface area contributed by atoms with Crippen LogP contribution >= 0.6 is 0 Å². The molecular formula is C15H23N3O2. The van der Waals surface area contributed by atoms with E-state index in [0.717, 1.165) is 12.1 Å². The highest BCUT2D eigenvalue weighted by Gasteiger charge is 2.26. The maximum absolute atomic E-state index is 12.6. The molecule has 1 aromatic rings. The molecule has 2 rings (SSSR count). The Morgan fingerprint density at radius 2 is 2.15 bits per heavy atom. The summed E-state index contributed by atoms with van der Waals surface area (Å²) < 4.78 is 5.34. The molecule has 0 radical (unpaired) electrons. The molecule has 0 saturated carbocycles. The number of rotatable bonds is 2. The van der Waals surface area contributed by atoms with Gasteiger partial charge in [-0.1, -0.05) is 20.8 Å². The monoisotopic (exact) mass is 277 g/mol. The Morgan fingerprint density at radius 3 is 2.70 bits per heavy atom. The summed E-state index contributed by atoms with van der Waals surface area (Å²) in [4.78, 5) is 18.6. The van der Waals surface area contributed by atoms with Crippen LogP contribution in [0.15, 0.2) is 12.1 Å². The van der Waals surface area contributed by atoms with Crippen LogP contribution in [-0.2, 0) is 10.2 Å². The standard InChI is InChI=1S/C15H23N3O2/c1-15(2,3)12-7-10(8-13(16)17-12)14(19)18(4)11-5-6-20-9-11/h7-8,11H,5-6,9H2,1-4H3,(H2,16,17). The fourth-order valence-corrected chi connectivity index (χ4v) is 2.26. The second-order valence-corrected chi connectivity index (χ2v) is 6.35. The quantitative estimate of drug-likeness (QED) is 0.895. The maximum Gasteiger partial charge on any atom is 0.254 e. The minimum Gasteiger partial charge on any atom is -0.384 e. The lowest BCUT2D eigenvalue weighted by molar-refractivity contribution is 0.0711. The van der Waals surface area contributed by atoms with Gasteiger partial charge in [-0.2, -0.15) is 0 Å². The number of nitrogens with zero attached hydrogens (tertiary/aromatic N) is 2. The predicted octanol–water partition coefficient (Wildman–Crippen LogP) is 1.82. The number of carbonyl (C=O) groups is 1. The van der Waals surface area contributed by atoms with Crippen LogP contribution in [0.4, 0.5) is 5.82 Å². The Kier molecular flexibility index (Phi) is 3.99. The van der Waals surface area contributed by atoms with Crippen LogP contribution < -0.4 is 5.73 Å². The minimum atomic E-state index is -0.139. The van der Waals surface area contributed by atoms with Crippen molar-refractivity contribution in [2.75, 3.05) is 26.0 Å². The molecule has 20 heavy (non-hydrogen) atoms. The Morgan fingerprint density at radius 1 is 1.45 bits per heavy atom. The third-order valence-corrected chi connectivity index (χ3v) is 3.63. The second-order valence-electron chi connectivity index (χ2n) is 6.35. The summed E-state index contributed by atoms with van der Waals surface area (Å²) in [5.74, 6) is 0.358. The molecule has 1 aliphatic heterocycles. The Labute approximate surface area is 120 Å². The van der Waals surface area contributed by atoms with Gasteiger partial charge in [-0.05, 0) is 18.6 Å². The van der Waals surface area contributed by atoms with E-state index in [-0.39, 0.29) is 17.4 Å². The molecule has 0 aliphatic carbocycles. The molecule has 1 aliphatic rings. The molecule has 5 heteroatoms. The average molecular weight is 277 g/mol. The van der Waals surface area contributed by atoms with Gasteiger partial charge in [0.15, 0.2) is 0 Å². The smallest absolute Gasteiger partial charge is 0.254 e. The zero-order valence-electron chi connectivity index (χ0n) is 12.6. The third-order valence-electron chi connectivity index (χ3n) is 3.63. The highest BCUT2D eigenvalue weighted by atomic mass is 16.5. The largest absolute Gasteiger partial charge is 0.384 e. The number of anilines is 1. The van der Waals surface area contributed by atoms with E-state index in [1.807, 2.05) is 13.1 Å². The van der Waals surface area contributed by atoms with E-state index in [2.05, 4.69) is 25.8 Å². The van der Waals surface area contributed by atoms with Crippen LogP contribution in [0.25, 0.3) is 0 Å². The van der Waals surface area contributed by atoms with E-state index < -0.39 is 0 Å². The van der Waals surface area contributed by atoms with Gasteiger partial charge in [-0.15, -0.1) is 0 Å². The van der Waals surface area contributed by atoms with Crippen molar-refractivity contribution >= 4 is 11.7 Å². The van der Waals surface area contributed by atoms with Gasteiger partial charge < -0.3 is 15.4 Å². The molecule has 0 aromatic carbocycles. The van der Waals surface area contributed by atoms with E-state index in [1.54, 1.807) is 11.0 Å². The minimum absolute atomic E-state index is 0.0277. The van der Waals surface area contributed by atoms with Crippen LogP contribution in [0.1, 0.15) is 43.2 Å². The molecule has 5 nitrogen and oxygen atoms in total. The SMILES string of the molecule is CN(C(=O)c1cc(N)nc(C(C)(C)C)c1)C1CCOC1. The first-order valence-electron chi connectivity index (χ1n) is 6.92. The summed E-state index contributed by atoms with van der Waals surface area (Å²) in [6.45, 7) is 7.48. The van der Waals surface area contributed by atoms with Crippen LogP contribution in [0.2, 0.25) is 0 Å². The van der Waals surface area contributed by atoms with E-state index in [4.69, 9.17) is 10.5 Å². The second kappa shape index (κ2) is 5.40. The van der Waals surface area contributed by atoms with E-state index in [9.17, 15) is 4.79 Å². The summed E-state index contributed by atoms with van der Waals surface area (Å²) in [6, 6.07) is 3.63. The van der Waals surface area contributed by atoms with Crippen molar-refractivity contribution < 1.29 is 9.53 Å². The molecule has 1 amide bonds. The summed E-state index contributed by atoms with van der Waals surface area (Å²) in [7, 11) is 1.81. The van der Waals surface area contributed by atoms with Crippen LogP contribution in [-0.4, -0.2) is 42.1 Å². The first-order chi connectivity index (χ1) is 9.29. The lowest BCUT2D eigenvalue weighted by Crippen LogP contribution is -2.37. The fourth-order valence-electron chi connectivity index (χ4n) is 2.26. The summed E-state index contributed by atoms with van der Waals surface area (Å²) in [5.41, 5.74) is 7.13. The van der Waals surface area contributed by atoms with Crippen molar-refractivity contribution in [2.24, 2.45) is 0 Å². The zero-order valence-corrected chi connectivity index (χ0v) is 12.6. The van der Waals surface area contributed by atoms with Crippen molar-refractivity contribution in [3.05, 3.63) is 23.4 Å². The molecule has 1 fully saturated rings. The Bertz CT molecular complexity index is 502. The number of pyridine rings is 1. The number of aromatic nitrogens is 1. The van der Waals surface area contributed by atoms with Crippen LogP contribution in [0.3, 0.4) is 0 Å². The highest BCUT2D eigenvalue weighted by Crippen LogP contribution is 2.23. The number of hydrogen-bond acceptors (Lipinski definition) is 4. The van der Waals surface area contributed by atoms with Crippen LogP contribution in [0, 0.1) is 0 Å². The van der Waals surface area contributed by atoms with Crippen molar-refractivity contribution in [2.45, 2.75) is 38.6 Å². The van der Waals surface area contributed by atoms with E-state index >= 15 is 0 Å². The van der Waals surface area contributed by atoms with Gasteiger partial charge in [0.1, 0.15) is 5.82 Å². The number of nitrogens with two attached hydrogens (primary N) is 1. The molecule has 1 saturated heterocycles. The lowest BCUT2D eigenvalue weighted by Gasteiger charge is -2.24. The fraction of sp³-hybridized carbons (Fsp3) is 0.600. The molecule has 1 unspecified atom stereocenters. The molecule has 2 heterocycles. The number of hydrogen-bond donors (Lipinski definition) is 1. The number of nitrogen functional groups attached to an aromatic ring is 1. The highest BCUT2D eigenvalue weighted by molar-refractivity contribution is 5.95. The van der Waals surface area contributed by atoms with Gasteiger partial charge >= 0.3 is 0 Å². The summed E-state index contributed by atoms with van der Waals surface area (Å²) in [6.07, 6.45) is 0.884. The number of amides is 1. The maximum atomic E-state index is 12.6. The number of carbonyl (C=O) groups excluding carboxylic acids is 1. The number of ether oxygens (including phenoxy) is 1. The Balaban J connectivity index is 2.27. The lowest BCUT2D eigenvalue weighted by atomic mass is 9.90. The molecule has 1 aromatic heterocycles. The average Bonchev–Trinajstić information content (AvgIpc) is 2.89. The van der Waals surface area contributed by atoms with Crippen molar-refractivity contribution in [1.82, 2.24) is 9.88 Å². The van der Waals surface area contributed by atoms with Gasteiger partial charge in [-0.3, -0.25) is 4.79 Å². The van der Waals surface area contributed by atoms with Gasteiger partial charge in [0, 0.05) is 30.3 Å². The first-order valence-corrected chi connectivity index (χ1v) is 6.92. The van der Waals surface area contributed by atoms with E-state index in [1.165, 1.54) is 0 Å². The molecule has 110 valence electrons. The molecular weight excluding hydrogens is 254 g/mol. The van der Waals surface area contributed by atoms with Gasteiger partial charge in [-0.25, -0.2) is 4.98 Å². The molecule has 1 atom stereocenters. The number of likely N-dealkylation sites (N-methyl/N-ethyl adjacent to an activating group) is 1. The predicted molar refractivity (Wildman–Crippen MR) is 78.7 cm³/mol. The van der Waals surface area contributed by atoms with Gasteiger partial charge in [0.25, 0.3) is 5.91 Å². The van der Waals surface area contributed by atoms with Crippen LogP contribution in [0.5, 0.6) is 0 Å². The molecule has 0 spiro atoms. The van der Waals surface area contributed by atoms with Crippen molar-refractivity contribution in [3.8, 4) is 0 Å². The zero-order chi connectivity index (χ0) is 14.9. The topological polar surface area (TPSA) is 68.5 Å². The summed E-state index contributed by atoms with van der Waals surface area (Å²) in [5, 5.41) is 0. The first kappa shape index (κ1) is 14.8. The van der Waals surface area contributed by atoms with E-state index in [0.29, 0.717) is 24.6 Å². The van der Waals surface area contributed by atoms with Gasteiger partial charge in [0.05, 0.1) is 12.6 Å². The summed E-state index contributed by atoms with van der Waals surface area (Å²) >= 11 is 0. The molecule has 0 bridgehead atoms. The van der Waals surface area contributed by atoms with Crippen molar-refractivity contribution in [3.63, 3.8) is 0 Å². The Hall–Kier alpha value is -1.62. The van der Waals surface area contributed by atoms with Gasteiger partial charge in [0.2, 0.25) is 0 Å². The third kappa shape index (κ3) is 3.10. The molecule has 2 N–H and O–H groups in total.